The Bertz CT molecular complexity index is 921. The lowest BCUT2D eigenvalue weighted by Crippen LogP contribution is -2.46. The van der Waals surface area contributed by atoms with Gasteiger partial charge in [-0.2, -0.15) is 15.0 Å². The predicted molar refractivity (Wildman–Crippen MR) is 102 cm³/mol. The lowest BCUT2D eigenvalue weighted by Gasteiger charge is -2.37. The number of hydrogen-bond donors (Lipinski definition) is 1. The molecule has 1 saturated heterocycles. The van der Waals surface area contributed by atoms with Gasteiger partial charge in [-0.15, -0.1) is 13.2 Å². The van der Waals surface area contributed by atoms with Crippen molar-refractivity contribution in [3.05, 3.63) is 41.2 Å². The Morgan fingerprint density at radius 1 is 1.20 bits per heavy atom. The maximum atomic E-state index is 13.1. The number of halogens is 3. The molecule has 1 aromatic heterocycles. The number of aromatic nitrogens is 3. The van der Waals surface area contributed by atoms with Gasteiger partial charge in [-0.05, 0) is 52.7 Å². The summed E-state index contributed by atoms with van der Waals surface area (Å²) in [6.07, 6.45) is -3.56. The predicted octanol–water partition coefficient (Wildman–Crippen LogP) is 3.58. The van der Waals surface area contributed by atoms with Crippen LogP contribution >= 0.6 is 0 Å². The van der Waals surface area contributed by atoms with Gasteiger partial charge in [0.2, 0.25) is 0 Å². The number of rotatable bonds is 4. The molecule has 164 valence electrons. The summed E-state index contributed by atoms with van der Waals surface area (Å²) in [6.45, 7) is 7.07. The molecule has 0 saturated carbocycles. The van der Waals surface area contributed by atoms with Gasteiger partial charge in [0.15, 0.2) is 0 Å². The molecule has 1 fully saturated rings. The van der Waals surface area contributed by atoms with Crippen LogP contribution in [0.4, 0.5) is 13.2 Å². The third-order valence-corrected chi connectivity index (χ3v) is 5.16. The van der Waals surface area contributed by atoms with Gasteiger partial charge < -0.3 is 14.7 Å². The van der Waals surface area contributed by atoms with E-state index >= 15 is 0 Å². The first kappa shape index (κ1) is 22.1. The van der Waals surface area contributed by atoms with Gasteiger partial charge in [-0.3, -0.25) is 4.79 Å². The second-order valence-corrected chi connectivity index (χ2v) is 8.10. The molecular formula is C20H25F3N4O3. The van der Waals surface area contributed by atoms with Gasteiger partial charge in [0.1, 0.15) is 17.0 Å². The second-order valence-electron chi connectivity index (χ2n) is 8.10. The summed E-state index contributed by atoms with van der Waals surface area (Å²) in [5, 5.41) is 19.0. The quantitative estimate of drug-likeness (QED) is 0.808. The summed E-state index contributed by atoms with van der Waals surface area (Å²) in [5.41, 5.74) is -0.275. The van der Waals surface area contributed by atoms with Crippen molar-refractivity contribution in [3.63, 3.8) is 0 Å². The van der Waals surface area contributed by atoms with Crippen LogP contribution in [-0.2, 0) is 5.60 Å². The van der Waals surface area contributed by atoms with Crippen molar-refractivity contribution in [1.29, 1.82) is 0 Å². The van der Waals surface area contributed by atoms with Gasteiger partial charge in [-0.1, -0.05) is 12.1 Å². The van der Waals surface area contributed by atoms with Gasteiger partial charge in [0.05, 0.1) is 17.3 Å². The molecule has 1 amide bonds. The van der Waals surface area contributed by atoms with E-state index in [9.17, 15) is 23.1 Å². The molecule has 7 nitrogen and oxygen atoms in total. The Kier molecular flexibility index (Phi) is 5.81. The smallest absolute Gasteiger partial charge is 0.405 e. The van der Waals surface area contributed by atoms with Gasteiger partial charge >= 0.3 is 6.36 Å². The minimum absolute atomic E-state index is 0.149. The average molecular weight is 426 g/mol. The van der Waals surface area contributed by atoms with Crippen LogP contribution in [0, 0.1) is 6.92 Å². The number of piperidine rings is 1. The van der Waals surface area contributed by atoms with Gasteiger partial charge in [0, 0.05) is 12.6 Å². The van der Waals surface area contributed by atoms with Crippen molar-refractivity contribution in [2.24, 2.45) is 0 Å². The summed E-state index contributed by atoms with van der Waals surface area (Å²) < 4.78 is 42.3. The number of para-hydroxylation sites is 1. The molecule has 1 aliphatic rings. The Hall–Kier alpha value is -2.62. The van der Waals surface area contributed by atoms with Crippen molar-refractivity contribution in [1.82, 2.24) is 19.9 Å². The number of hydrogen-bond acceptors (Lipinski definition) is 5. The molecule has 0 spiro atoms. The lowest BCUT2D eigenvalue weighted by molar-refractivity contribution is -0.274. The molecule has 10 heteroatoms. The van der Waals surface area contributed by atoms with Crippen LogP contribution < -0.4 is 4.74 Å². The van der Waals surface area contributed by atoms with E-state index in [0.29, 0.717) is 24.2 Å². The minimum atomic E-state index is -4.89. The van der Waals surface area contributed by atoms with Crippen LogP contribution in [-0.4, -0.2) is 49.9 Å². The number of carbonyl (C=O) groups is 1. The number of ether oxygens (including phenoxy) is 1. The van der Waals surface area contributed by atoms with Crippen molar-refractivity contribution >= 4 is 5.91 Å². The van der Waals surface area contributed by atoms with E-state index in [1.54, 1.807) is 20.8 Å². The molecule has 0 bridgehead atoms. The fourth-order valence-corrected chi connectivity index (χ4v) is 3.70. The molecular weight excluding hydrogens is 401 g/mol. The van der Waals surface area contributed by atoms with Crippen LogP contribution in [0.5, 0.6) is 5.75 Å². The summed E-state index contributed by atoms with van der Waals surface area (Å²) in [4.78, 5) is 16.1. The molecule has 0 radical (unpaired) electrons. The standard InChI is InChI=1S/C20H25F3N4O3/c1-12-9-10-14(27-24-13(2)17(25-27)19(3,4)29)11-26(12)18(28)15-7-5-6-8-16(15)30-20(21,22)23/h5-8,12,14,29H,9-11H2,1-4H3/t12-,14?/m1/s1. The first-order chi connectivity index (χ1) is 13.9. The lowest BCUT2D eigenvalue weighted by atomic mass is 9.98. The second kappa shape index (κ2) is 7.90. The highest BCUT2D eigenvalue weighted by Gasteiger charge is 2.36. The van der Waals surface area contributed by atoms with E-state index in [1.807, 2.05) is 6.92 Å². The molecule has 30 heavy (non-hydrogen) atoms. The van der Waals surface area contributed by atoms with E-state index in [4.69, 9.17) is 0 Å². The molecule has 1 unspecified atom stereocenters. The largest absolute Gasteiger partial charge is 0.573 e. The SMILES string of the molecule is Cc1nn(C2CC[C@@H](C)N(C(=O)c3ccccc3OC(F)(F)F)C2)nc1C(C)(C)O. The zero-order valence-corrected chi connectivity index (χ0v) is 17.3. The molecule has 3 rings (SSSR count). The zero-order chi connectivity index (χ0) is 22.3. The summed E-state index contributed by atoms with van der Waals surface area (Å²) in [7, 11) is 0. The molecule has 2 heterocycles. The van der Waals surface area contributed by atoms with Crippen molar-refractivity contribution < 1.29 is 27.8 Å². The first-order valence-corrected chi connectivity index (χ1v) is 9.69. The number of carbonyl (C=O) groups excluding carboxylic acids is 1. The fraction of sp³-hybridized carbons (Fsp3) is 0.550. The van der Waals surface area contributed by atoms with E-state index in [1.165, 1.54) is 27.9 Å². The van der Waals surface area contributed by atoms with Crippen molar-refractivity contribution in [2.75, 3.05) is 6.54 Å². The van der Waals surface area contributed by atoms with Crippen LogP contribution in [0.1, 0.15) is 61.4 Å². The number of amides is 1. The number of aryl methyl sites for hydroxylation is 1. The zero-order valence-electron chi connectivity index (χ0n) is 17.3. The number of aliphatic hydroxyl groups is 1. The molecule has 1 aromatic carbocycles. The van der Waals surface area contributed by atoms with Crippen LogP contribution in [0.3, 0.4) is 0 Å². The highest BCUT2D eigenvalue weighted by molar-refractivity contribution is 5.97. The summed E-state index contributed by atoms with van der Waals surface area (Å²) in [5.74, 6) is -1.07. The maximum Gasteiger partial charge on any atom is 0.573 e. The van der Waals surface area contributed by atoms with Gasteiger partial charge in [0.25, 0.3) is 5.91 Å². The minimum Gasteiger partial charge on any atom is -0.405 e. The first-order valence-electron chi connectivity index (χ1n) is 9.69. The molecule has 1 N–H and O–H groups in total. The molecule has 0 aliphatic carbocycles. The van der Waals surface area contributed by atoms with Crippen LogP contribution in [0.25, 0.3) is 0 Å². The Morgan fingerprint density at radius 3 is 2.47 bits per heavy atom. The third-order valence-electron chi connectivity index (χ3n) is 5.16. The topological polar surface area (TPSA) is 80.5 Å². The van der Waals surface area contributed by atoms with Gasteiger partial charge in [-0.25, -0.2) is 0 Å². The van der Waals surface area contributed by atoms with E-state index in [0.717, 1.165) is 6.07 Å². The highest BCUT2D eigenvalue weighted by Crippen LogP contribution is 2.31. The highest BCUT2D eigenvalue weighted by atomic mass is 19.4. The normalized spacial score (nSPS) is 20.3. The van der Waals surface area contributed by atoms with E-state index in [-0.39, 0.29) is 24.2 Å². The monoisotopic (exact) mass is 426 g/mol. The molecule has 1 aliphatic heterocycles. The molecule has 2 atom stereocenters. The number of likely N-dealkylation sites (tertiary alicyclic amines) is 1. The molecule has 2 aromatic rings. The Labute approximate surface area is 172 Å². The van der Waals surface area contributed by atoms with E-state index < -0.39 is 23.6 Å². The van der Waals surface area contributed by atoms with Crippen LogP contribution in [0.15, 0.2) is 24.3 Å². The Morgan fingerprint density at radius 2 is 1.87 bits per heavy atom. The van der Waals surface area contributed by atoms with Crippen LogP contribution in [0.2, 0.25) is 0 Å². The number of benzene rings is 1. The average Bonchev–Trinajstić information content (AvgIpc) is 3.03. The van der Waals surface area contributed by atoms with Crippen molar-refractivity contribution in [2.45, 2.75) is 64.6 Å². The summed E-state index contributed by atoms with van der Waals surface area (Å²) >= 11 is 0. The maximum absolute atomic E-state index is 13.1. The Balaban J connectivity index is 1.86. The number of nitrogens with zero attached hydrogens (tertiary/aromatic N) is 4. The number of alkyl halides is 3. The van der Waals surface area contributed by atoms with Crippen molar-refractivity contribution in [3.8, 4) is 5.75 Å². The summed E-state index contributed by atoms with van der Waals surface area (Å²) in [6, 6.07) is 4.91. The third kappa shape index (κ3) is 4.75. The van der Waals surface area contributed by atoms with E-state index in [2.05, 4.69) is 14.9 Å². The fourth-order valence-electron chi connectivity index (χ4n) is 3.70.